The average Bonchev–Trinajstić information content (AvgIpc) is 2.85. The van der Waals surface area contributed by atoms with Gasteiger partial charge >= 0.3 is 5.97 Å². The van der Waals surface area contributed by atoms with Gasteiger partial charge in [-0.3, -0.25) is 9.89 Å². The number of carboxylic acids is 1. The minimum Gasteiger partial charge on any atom is -0.480 e. The number of nitrogens with zero attached hydrogens (tertiary/aromatic N) is 2. The summed E-state index contributed by atoms with van der Waals surface area (Å²) >= 11 is 0. The third-order valence-corrected chi connectivity index (χ3v) is 3.14. The Balaban J connectivity index is 2.29. The third-order valence-electron chi connectivity index (χ3n) is 3.14. The highest BCUT2D eigenvalue weighted by molar-refractivity contribution is 5.98. The lowest BCUT2D eigenvalue weighted by Gasteiger charge is -2.21. The summed E-state index contributed by atoms with van der Waals surface area (Å²) in [5, 5.41) is 15.8. The summed E-state index contributed by atoms with van der Waals surface area (Å²) in [6.45, 7) is 4.00. The molecule has 6 nitrogen and oxygen atoms in total. The Kier molecular flexibility index (Phi) is 2.87. The van der Waals surface area contributed by atoms with Gasteiger partial charge < -0.3 is 10.0 Å². The normalized spacial score (nSPS) is 19.6. The molecule has 1 aliphatic rings. The zero-order chi connectivity index (χ0) is 12.6. The lowest BCUT2D eigenvalue weighted by atomic mass is 10.1. The molecule has 0 radical (unpaired) electrons. The van der Waals surface area contributed by atoms with E-state index in [1.807, 2.05) is 0 Å². The summed E-state index contributed by atoms with van der Waals surface area (Å²) in [5.74, 6) is -1.17. The Hall–Kier alpha value is -1.85. The Bertz CT molecular complexity index is 447. The van der Waals surface area contributed by atoms with Crippen LogP contribution in [-0.2, 0) is 4.79 Å². The smallest absolute Gasteiger partial charge is 0.326 e. The maximum absolute atomic E-state index is 12.3. The van der Waals surface area contributed by atoms with Crippen molar-refractivity contribution in [3.63, 3.8) is 0 Å². The molecule has 2 rings (SSSR count). The van der Waals surface area contributed by atoms with Crippen molar-refractivity contribution >= 4 is 11.9 Å². The van der Waals surface area contributed by atoms with E-state index >= 15 is 0 Å². The fourth-order valence-corrected chi connectivity index (χ4v) is 2.28. The van der Waals surface area contributed by atoms with Gasteiger partial charge in [0.15, 0.2) is 0 Å². The van der Waals surface area contributed by atoms with Crippen LogP contribution in [0.5, 0.6) is 0 Å². The Morgan fingerprint density at radius 1 is 1.47 bits per heavy atom. The van der Waals surface area contributed by atoms with E-state index < -0.39 is 12.0 Å². The molecule has 1 atom stereocenters. The first-order chi connectivity index (χ1) is 8.02. The van der Waals surface area contributed by atoms with Gasteiger partial charge in [0.2, 0.25) is 0 Å². The number of aromatic nitrogens is 2. The molecule has 0 unspecified atom stereocenters. The van der Waals surface area contributed by atoms with Crippen LogP contribution in [0.4, 0.5) is 0 Å². The van der Waals surface area contributed by atoms with Crippen LogP contribution in [0.1, 0.15) is 34.6 Å². The number of carbonyl (C=O) groups excluding carboxylic acids is 1. The molecular weight excluding hydrogens is 222 g/mol. The lowest BCUT2D eigenvalue weighted by Crippen LogP contribution is -2.40. The first-order valence-corrected chi connectivity index (χ1v) is 5.57. The minimum atomic E-state index is -0.936. The van der Waals surface area contributed by atoms with Crippen LogP contribution in [0.2, 0.25) is 0 Å². The van der Waals surface area contributed by atoms with Crippen LogP contribution in [-0.4, -0.2) is 44.7 Å². The zero-order valence-electron chi connectivity index (χ0n) is 9.86. The molecule has 2 heterocycles. The Labute approximate surface area is 98.6 Å². The number of H-pyrrole nitrogens is 1. The number of nitrogens with one attached hydrogen (secondary N) is 1. The molecule has 1 aromatic rings. The molecule has 1 aromatic heterocycles. The van der Waals surface area contributed by atoms with Gasteiger partial charge in [0.05, 0.1) is 11.3 Å². The monoisotopic (exact) mass is 237 g/mol. The van der Waals surface area contributed by atoms with Gasteiger partial charge in [0.25, 0.3) is 5.91 Å². The van der Waals surface area contributed by atoms with Gasteiger partial charge in [0.1, 0.15) is 6.04 Å². The van der Waals surface area contributed by atoms with E-state index in [1.54, 1.807) is 13.8 Å². The maximum Gasteiger partial charge on any atom is 0.326 e. The molecule has 6 heteroatoms. The van der Waals surface area contributed by atoms with Crippen molar-refractivity contribution < 1.29 is 14.7 Å². The number of carboxylic acid groups (broad SMARTS) is 1. The standard InChI is InChI=1S/C11H15N3O3/c1-6-9(7(2)13-12-6)10(15)14-5-3-4-8(14)11(16)17/h8H,3-5H2,1-2H3,(H,12,13)(H,16,17)/t8-/m1/s1. The van der Waals surface area contributed by atoms with Crippen LogP contribution >= 0.6 is 0 Å². The number of aliphatic carboxylic acids is 1. The van der Waals surface area contributed by atoms with Crippen molar-refractivity contribution in [3.05, 3.63) is 17.0 Å². The van der Waals surface area contributed by atoms with E-state index in [2.05, 4.69) is 10.2 Å². The highest BCUT2D eigenvalue weighted by Crippen LogP contribution is 2.22. The van der Waals surface area contributed by atoms with Gasteiger partial charge in [-0.2, -0.15) is 5.10 Å². The fourth-order valence-electron chi connectivity index (χ4n) is 2.28. The first-order valence-electron chi connectivity index (χ1n) is 5.57. The van der Waals surface area contributed by atoms with E-state index in [0.29, 0.717) is 29.9 Å². The molecule has 1 aliphatic heterocycles. The zero-order valence-corrected chi connectivity index (χ0v) is 9.86. The van der Waals surface area contributed by atoms with Crippen LogP contribution in [0, 0.1) is 13.8 Å². The summed E-state index contributed by atoms with van der Waals surface area (Å²) in [5.41, 5.74) is 1.80. The van der Waals surface area contributed by atoms with Crippen molar-refractivity contribution in [2.24, 2.45) is 0 Å². The molecule has 2 N–H and O–H groups in total. The predicted octanol–water partition coefficient (Wildman–Crippen LogP) is 0.716. The van der Waals surface area contributed by atoms with Crippen molar-refractivity contribution in [1.29, 1.82) is 0 Å². The molecule has 1 saturated heterocycles. The fraction of sp³-hybridized carbons (Fsp3) is 0.545. The van der Waals surface area contributed by atoms with E-state index in [4.69, 9.17) is 5.11 Å². The average molecular weight is 237 g/mol. The molecule has 0 bridgehead atoms. The van der Waals surface area contributed by atoms with Gasteiger partial charge in [-0.1, -0.05) is 0 Å². The van der Waals surface area contributed by atoms with Crippen LogP contribution in [0.3, 0.4) is 0 Å². The molecule has 1 fully saturated rings. The molecule has 92 valence electrons. The molecule has 1 amide bonds. The van der Waals surface area contributed by atoms with E-state index in [0.717, 1.165) is 6.42 Å². The van der Waals surface area contributed by atoms with E-state index in [9.17, 15) is 9.59 Å². The second-order valence-corrected chi connectivity index (χ2v) is 4.30. The number of aryl methyl sites for hydroxylation is 2. The SMILES string of the molecule is Cc1n[nH]c(C)c1C(=O)N1CCC[C@@H]1C(=O)O. The Morgan fingerprint density at radius 3 is 2.71 bits per heavy atom. The topological polar surface area (TPSA) is 86.3 Å². The quantitative estimate of drug-likeness (QED) is 0.793. The molecule has 0 aromatic carbocycles. The van der Waals surface area contributed by atoms with Gasteiger partial charge in [-0.05, 0) is 26.7 Å². The maximum atomic E-state index is 12.3. The number of amides is 1. The molecule has 0 spiro atoms. The lowest BCUT2D eigenvalue weighted by molar-refractivity contribution is -0.141. The predicted molar refractivity (Wildman–Crippen MR) is 59.8 cm³/mol. The molecule has 17 heavy (non-hydrogen) atoms. The van der Waals surface area contributed by atoms with Crippen LogP contribution in [0.15, 0.2) is 0 Å². The minimum absolute atomic E-state index is 0.237. The van der Waals surface area contributed by atoms with Crippen molar-refractivity contribution in [1.82, 2.24) is 15.1 Å². The first kappa shape index (κ1) is 11.6. The van der Waals surface area contributed by atoms with Crippen molar-refractivity contribution in [2.45, 2.75) is 32.7 Å². The molecule has 0 aliphatic carbocycles. The summed E-state index contributed by atoms with van der Waals surface area (Å²) in [6.07, 6.45) is 1.26. The highest BCUT2D eigenvalue weighted by Gasteiger charge is 2.35. The van der Waals surface area contributed by atoms with Gasteiger partial charge in [0, 0.05) is 12.2 Å². The number of carbonyl (C=O) groups is 2. The van der Waals surface area contributed by atoms with E-state index in [1.165, 1.54) is 4.90 Å². The number of likely N-dealkylation sites (tertiary alicyclic amines) is 1. The van der Waals surface area contributed by atoms with Gasteiger partial charge in [-0.15, -0.1) is 0 Å². The Morgan fingerprint density at radius 2 is 2.18 bits per heavy atom. The largest absolute Gasteiger partial charge is 0.480 e. The number of hydrogen-bond acceptors (Lipinski definition) is 3. The number of rotatable bonds is 2. The van der Waals surface area contributed by atoms with Crippen LogP contribution in [0.25, 0.3) is 0 Å². The molecule has 0 saturated carbocycles. The second kappa shape index (κ2) is 4.20. The van der Waals surface area contributed by atoms with Gasteiger partial charge in [-0.25, -0.2) is 4.79 Å². The van der Waals surface area contributed by atoms with Crippen molar-refractivity contribution in [3.8, 4) is 0 Å². The summed E-state index contributed by atoms with van der Waals surface area (Å²) < 4.78 is 0. The summed E-state index contributed by atoms with van der Waals surface area (Å²) in [6, 6.07) is -0.698. The van der Waals surface area contributed by atoms with Crippen LogP contribution < -0.4 is 0 Å². The number of aromatic amines is 1. The highest BCUT2D eigenvalue weighted by atomic mass is 16.4. The third kappa shape index (κ3) is 1.90. The summed E-state index contributed by atoms with van der Waals surface area (Å²) in [4.78, 5) is 24.7. The van der Waals surface area contributed by atoms with Crippen molar-refractivity contribution in [2.75, 3.05) is 6.54 Å². The number of hydrogen-bond donors (Lipinski definition) is 2. The van der Waals surface area contributed by atoms with E-state index in [-0.39, 0.29) is 5.91 Å². The second-order valence-electron chi connectivity index (χ2n) is 4.30. The summed E-state index contributed by atoms with van der Waals surface area (Å²) in [7, 11) is 0. The molecular formula is C11H15N3O3.